The molecule has 0 bridgehead atoms. The van der Waals surface area contributed by atoms with Crippen molar-refractivity contribution in [3.63, 3.8) is 0 Å². The summed E-state index contributed by atoms with van der Waals surface area (Å²) < 4.78 is 0. The Morgan fingerprint density at radius 3 is 2.70 bits per heavy atom. The molecule has 3 N–H and O–H groups in total. The third kappa shape index (κ3) is 3.45. The van der Waals surface area contributed by atoms with Crippen molar-refractivity contribution in [2.45, 2.75) is 19.3 Å². The lowest BCUT2D eigenvalue weighted by atomic mass is 9.95. The predicted molar refractivity (Wildman–Crippen MR) is 84.2 cm³/mol. The third-order valence-corrected chi connectivity index (χ3v) is 3.47. The van der Waals surface area contributed by atoms with Crippen molar-refractivity contribution >= 4 is 11.8 Å². The lowest BCUT2D eigenvalue weighted by Gasteiger charge is -2.13. The lowest BCUT2D eigenvalue weighted by molar-refractivity contribution is -0.137. The number of carboxylic acids is 1. The van der Waals surface area contributed by atoms with Crippen molar-refractivity contribution in [2.24, 2.45) is 0 Å². The van der Waals surface area contributed by atoms with Crippen LogP contribution in [0.3, 0.4) is 0 Å². The molecule has 0 amide bonds. The van der Waals surface area contributed by atoms with Gasteiger partial charge < -0.3 is 10.8 Å². The van der Waals surface area contributed by atoms with Gasteiger partial charge in [-0.2, -0.15) is 10.5 Å². The molecule has 0 aliphatic rings. The van der Waals surface area contributed by atoms with Gasteiger partial charge in [-0.25, -0.2) is 4.98 Å². The smallest absolute Gasteiger partial charge is 0.304 e. The van der Waals surface area contributed by atoms with Crippen LogP contribution >= 0.6 is 0 Å². The highest BCUT2D eigenvalue weighted by molar-refractivity contribution is 5.77. The van der Waals surface area contributed by atoms with Crippen LogP contribution in [0.2, 0.25) is 0 Å². The van der Waals surface area contributed by atoms with E-state index in [9.17, 15) is 10.1 Å². The number of anilines is 1. The fourth-order valence-electron chi connectivity index (χ4n) is 2.31. The molecule has 1 atom stereocenters. The number of carbonyl (C=O) groups is 1. The maximum Gasteiger partial charge on any atom is 0.304 e. The molecule has 114 valence electrons. The van der Waals surface area contributed by atoms with Crippen LogP contribution in [0.15, 0.2) is 30.3 Å². The zero-order valence-corrected chi connectivity index (χ0v) is 12.4. The number of aromatic nitrogens is 1. The largest absolute Gasteiger partial charge is 0.481 e. The number of hydrogen-bond donors (Lipinski definition) is 2. The van der Waals surface area contributed by atoms with E-state index in [0.29, 0.717) is 22.4 Å². The third-order valence-electron chi connectivity index (χ3n) is 3.47. The van der Waals surface area contributed by atoms with Gasteiger partial charge in [0.1, 0.15) is 17.5 Å². The summed E-state index contributed by atoms with van der Waals surface area (Å²) in [7, 11) is 0. The lowest BCUT2D eigenvalue weighted by Crippen LogP contribution is -2.08. The first-order valence-corrected chi connectivity index (χ1v) is 6.89. The first kappa shape index (κ1) is 16.0. The summed E-state index contributed by atoms with van der Waals surface area (Å²) in [6.07, 6.45) is -0.0873. The molecule has 1 aromatic carbocycles. The molecule has 0 aliphatic heterocycles. The van der Waals surface area contributed by atoms with E-state index in [1.807, 2.05) is 12.1 Å². The van der Waals surface area contributed by atoms with E-state index in [1.54, 1.807) is 37.3 Å². The minimum Gasteiger partial charge on any atom is -0.481 e. The topological polar surface area (TPSA) is 124 Å². The summed E-state index contributed by atoms with van der Waals surface area (Å²) in [5.41, 5.74) is 8.25. The van der Waals surface area contributed by atoms with E-state index >= 15 is 0 Å². The zero-order valence-electron chi connectivity index (χ0n) is 12.4. The predicted octanol–water partition coefficient (Wildman–Crippen LogP) is 2.65. The molecule has 23 heavy (non-hydrogen) atoms. The van der Waals surface area contributed by atoms with Crippen LogP contribution in [0.4, 0.5) is 5.82 Å². The molecule has 2 aromatic rings. The van der Waals surface area contributed by atoms with Gasteiger partial charge in [-0.3, -0.25) is 4.79 Å². The molecule has 0 fully saturated rings. The number of hydrogen-bond acceptors (Lipinski definition) is 5. The van der Waals surface area contributed by atoms with E-state index in [-0.39, 0.29) is 23.7 Å². The molecule has 0 saturated carbocycles. The zero-order chi connectivity index (χ0) is 17.0. The maximum atomic E-state index is 10.9. The molecule has 1 aromatic heterocycles. The van der Waals surface area contributed by atoms with Crippen molar-refractivity contribution in [1.29, 1.82) is 10.5 Å². The first-order chi connectivity index (χ1) is 11.0. The Kier molecular flexibility index (Phi) is 4.58. The highest BCUT2D eigenvalue weighted by atomic mass is 16.4. The number of rotatable bonds is 4. The molecule has 0 aliphatic carbocycles. The van der Waals surface area contributed by atoms with Gasteiger partial charge in [0.25, 0.3) is 0 Å². The number of nitriles is 2. The SMILES string of the molecule is CC(CC(=O)O)c1cc(-c2cccc(C#N)c2)c(C#N)c(N)n1. The number of pyridine rings is 1. The highest BCUT2D eigenvalue weighted by Gasteiger charge is 2.17. The van der Waals surface area contributed by atoms with Crippen molar-refractivity contribution in [3.05, 3.63) is 47.2 Å². The number of carboxylic acid groups (broad SMARTS) is 1. The van der Waals surface area contributed by atoms with Gasteiger partial charge >= 0.3 is 5.97 Å². The van der Waals surface area contributed by atoms with Gasteiger partial charge in [0.15, 0.2) is 0 Å². The Morgan fingerprint density at radius 1 is 1.35 bits per heavy atom. The van der Waals surface area contributed by atoms with E-state index in [1.165, 1.54) is 0 Å². The standard InChI is InChI=1S/C17H14N4O2/c1-10(5-16(22)23)15-7-13(14(9-19)17(20)21-15)12-4-2-3-11(6-12)8-18/h2-4,6-7,10H,5H2,1H3,(H2,20,21)(H,22,23). The van der Waals surface area contributed by atoms with E-state index < -0.39 is 5.97 Å². The number of aliphatic carboxylic acids is 1. The Labute approximate surface area is 133 Å². The number of nitrogens with zero attached hydrogens (tertiary/aromatic N) is 3. The molecule has 6 nitrogen and oxygen atoms in total. The highest BCUT2D eigenvalue weighted by Crippen LogP contribution is 2.31. The second-order valence-corrected chi connectivity index (χ2v) is 5.16. The molecule has 1 unspecified atom stereocenters. The van der Waals surface area contributed by atoms with E-state index in [0.717, 1.165) is 0 Å². The normalized spacial score (nSPS) is 11.3. The van der Waals surface area contributed by atoms with Gasteiger partial charge in [-0.1, -0.05) is 19.1 Å². The summed E-state index contributed by atoms with van der Waals surface area (Å²) in [6.45, 7) is 1.73. The fraction of sp³-hybridized carbons (Fsp3) is 0.176. The molecular formula is C17H14N4O2. The van der Waals surface area contributed by atoms with Crippen LogP contribution in [-0.4, -0.2) is 16.1 Å². The number of benzene rings is 1. The van der Waals surface area contributed by atoms with Crippen molar-refractivity contribution in [3.8, 4) is 23.3 Å². The van der Waals surface area contributed by atoms with E-state index in [2.05, 4.69) is 4.98 Å². The van der Waals surface area contributed by atoms with Crippen LogP contribution in [0.1, 0.15) is 36.1 Å². The summed E-state index contributed by atoms with van der Waals surface area (Å²) in [4.78, 5) is 15.0. The van der Waals surface area contributed by atoms with Crippen LogP contribution in [0, 0.1) is 22.7 Å². The van der Waals surface area contributed by atoms with Gasteiger partial charge in [-0.05, 0) is 23.8 Å². The monoisotopic (exact) mass is 306 g/mol. The Balaban J connectivity index is 2.61. The van der Waals surface area contributed by atoms with Gasteiger partial charge in [0.05, 0.1) is 18.1 Å². The van der Waals surface area contributed by atoms with Gasteiger partial charge in [-0.15, -0.1) is 0 Å². The van der Waals surface area contributed by atoms with Gasteiger partial charge in [0.2, 0.25) is 0 Å². The molecule has 0 spiro atoms. The summed E-state index contributed by atoms with van der Waals surface area (Å²) in [6, 6.07) is 12.5. The fourth-order valence-corrected chi connectivity index (χ4v) is 2.31. The van der Waals surface area contributed by atoms with Crippen LogP contribution in [0.25, 0.3) is 11.1 Å². The Hall–Kier alpha value is -3.38. The average Bonchev–Trinajstić information content (AvgIpc) is 2.53. The molecule has 0 saturated heterocycles. The van der Waals surface area contributed by atoms with Crippen LogP contribution in [0.5, 0.6) is 0 Å². The minimum absolute atomic E-state index is 0.0552. The summed E-state index contributed by atoms with van der Waals surface area (Å²) in [5.74, 6) is -1.23. The summed E-state index contributed by atoms with van der Waals surface area (Å²) in [5, 5.41) is 27.3. The van der Waals surface area contributed by atoms with Crippen LogP contribution < -0.4 is 5.73 Å². The molecular weight excluding hydrogens is 292 g/mol. The molecule has 2 rings (SSSR count). The Bertz CT molecular complexity index is 847. The second kappa shape index (κ2) is 6.59. The molecule has 6 heteroatoms. The summed E-state index contributed by atoms with van der Waals surface area (Å²) >= 11 is 0. The van der Waals surface area contributed by atoms with E-state index in [4.69, 9.17) is 16.1 Å². The first-order valence-electron chi connectivity index (χ1n) is 6.89. The molecule has 0 radical (unpaired) electrons. The van der Waals surface area contributed by atoms with Crippen LogP contribution in [-0.2, 0) is 4.79 Å². The Morgan fingerprint density at radius 2 is 2.09 bits per heavy atom. The van der Waals surface area contributed by atoms with Crippen molar-refractivity contribution < 1.29 is 9.90 Å². The molecule has 1 heterocycles. The average molecular weight is 306 g/mol. The van der Waals surface area contributed by atoms with Crippen molar-refractivity contribution in [2.75, 3.05) is 5.73 Å². The minimum atomic E-state index is -0.935. The second-order valence-electron chi connectivity index (χ2n) is 5.16. The number of nitrogens with two attached hydrogens (primary N) is 1. The van der Waals surface area contributed by atoms with Crippen molar-refractivity contribution in [1.82, 2.24) is 4.98 Å². The quantitative estimate of drug-likeness (QED) is 0.894. The number of nitrogen functional groups attached to an aromatic ring is 1. The van der Waals surface area contributed by atoms with Gasteiger partial charge in [0, 0.05) is 17.2 Å². The maximum absolute atomic E-state index is 10.9.